The van der Waals surface area contributed by atoms with Gasteiger partial charge in [-0.1, -0.05) is 6.07 Å². The number of fused-ring (bicyclic) bond motifs is 1. The van der Waals surface area contributed by atoms with E-state index < -0.39 is 0 Å². The number of pyridine rings is 2. The number of ether oxygens (including phenoxy) is 3. The van der Waals surface area contributed by atoms with Gasteiger partial charge in [-0.2, -0.15) is 4.98 Å². The Morgan fingerprint density at radius 2 is 1.81 bits per heavy atom. The van der Waals surface area contributed by atoms with Crippen molar-refractivity contribution < 1.29 is 14.2 Å². The Bertz CT molecular complexity index is 1230. The number of nitrogens with two attached hydrogens (primary N) is 1. The second-order valence-corrected chi connectivity index (χ2v) is 6.88. The van der Waals surface area contributed by atoms with Gasteiger partial charge in [0.1, 0.15) is 24.7 Å². The molecule has 0 aliphatic carbocycles. The van der Waals surface area contributed by atoms with E-state index >= 15 is 0 Å². The molecule has 1 aromatic carbocycles. The van der Waals surface area contributed by atoms with E-state index in [-0.39, 0.29) is 0 Å². The summed E-state index contributed by atoms with van der Waals surface area (Å²) in [7, 11) is 1.59. The van der Waals surface area contributed by atoms with Crippen LogP contribution in [0.2, 0.25) is 0 Å². The molecule has 0 radical (unpaired) electrons. The highest BCUT2D eigenvalue weighted by Crippen LogP contribution is 2.46. The normalized spacial score (nSPS) is 12.3. The molecular formula is C23H20N6O3. The summed E-state index contributed by atoms with van der Waals surface area (Å²) in [5.74, 6) is 2.38. The summed E-state index contributed by atoms with van der Waals surface area (Å²) in [4.78, 5) is 19.8. The summed E-state index contributed by atoms with van der Waals surface area (Å²) in [6.07, 6.45) is 5.05. The fraction of sp³-hybridized carbons (Fsp3) is 0.130. The predicted octanol–water partition coefficient (Wildman–Crippen LogP) is 3.77. The SMILES string of the molecule is COc1cc(N(c2nccc(N)n2)c2cccnc2-c2ccccn2)cc2c1OCCO2. The Hall–Kier alpha value is -4.40. The largest absolute Gasteiger partial charge is 0.493 e. The smallest absolute Gasteiger partial charge is 0.236 e. The third kappa shape index (κ3) is 3.60. The molecule has 9 nitrogen and oxygen atoms in total. The number of anilines is 4. The summed E-state index contributed by atoms with van der Waals surface area (Å²) in [5.41, 5.74) is 8.78. The Labute approximate surface area is 184 Å². The number of hydrogen-bond acceptors (Lipinski definition) is 9. The third-order valence-corrected chi connectivity index (χ3v) is 4.87. The molecule has 0 saturated heterocycles. The third-order valence-electron chi connectivity index (χ3n) is 4.87. The first kappa shape index (κ1) is 19.6. The van der Waals surface area contributed by atoms with E-state index in [9.17, 15) is 0 Å². The van der Waals surface area contributed by atoms with Crippen LogP contribution in [0.1, 0.15) is 0 Å². The van der Waals surface area contributed by atoms with Gasteiger partial charge < -0.3 is 19.9 Å². The van der Waals surface area contributed by atoms with Gasteiger partial charge in [0.25, 0.3) is 0 Å². The van der Waals surface area contributed by atoms with Crippen molar-refractivity contribution >= 4 is 23.1 Å². The summed E-state index contributed by atoms with van der Waals surface area (Å²) in [6.45, 7) is 0.900. The molecule has 0 spiro atoms. The first-order valence-electron chi connectivity index (χ1n) is 9.97. The fourth-order valence-electron chi connectivity index (χ4n) is 3.50. The van der Waals surface area contributed by atoms with Crippen LogP contribution >= 0.6 is 0 Å². The summed E-state index contributed by atoms with van der Waals surface area (Å²) >= 11 is 0. The van der Waals surface area contributed by atoms with E-state index in [1.54, 1.807) is 31.8 Å². The van der Waals surface area contributed by atoms with Gasteiger partial charge in [0.05, 0.1) is 24.2 Å². The lowest BCUT2D eigenvalue weighted by atomic mass is 10.1. The second kappa shape index (κ2) is 8.38. The van der Waals surface area contributed by atoms with Crippen molar-refractivity contribution in [1.29, 1.82) is 0 Å². The highest BCUT2D eigenvalue weighted by Gasteiger charge is 2.25. The molecule has 0 fully saturated rings. The van der Waals surface area contributed by atoms with Gasteiger partial charge in [0.15, 0.2) is 11.5 Å². The van der Waals surface area contributed by atoms with Crippen LogP contribution in [0, 0.1) is 0 Å². The maximum Gasteiger partial charge on any atom is 0.236 e. The Balaban J connectivity index is 1.75. The molecule has 32 heavy (non-hydrogen) atoms. The van der Waals surface area contributed by atoms with Gasteiger partial charge >= 0.3 is 0 Å². The monoisotopic (exact) mass is 428 g/mol. The highest BCUT2D eigenvalue weighted by atomic mass is 16.6. The van der Waals surface area contributed by atoms with E-state index in [0.29, 0.717) is 59.3 Å². The molecule has 0 atom stereocenters. The molecule has 0 saturated carbocycles. The summed E-state index contributed by atoms with van der Waals surface area (Å²) < 4.78 is 17.2. The lowest BCUT2D eigenvalue weighted by Crippen LogP contribution is -2.19. The molecule has 0 bridgehead atoms. The van der Waals surface area contributed by atoms with Crippen molar-refractivity contribution in [3.63, 3.8) is 0 Å². The molecule has 2 N–H and O–H groups in total. The van der Waals surface area contributed by atoms with Gasteiger partial charge in [-0.25, -0.2) is 4.98 Å². The lowest BCUT2D eigenvalue weighted by molar-refractivity contribution is 0.165. The molecule has 3 aromatic heterocycles. The molecular weight excluding hydrogens is 408 g/mol. The topological polar surface area (TPSA) is 109 Å². The average molecular weight is 428 g/mol. The maximum absolute atomic E-state index is 5.99. The number of rotatable bonds is 5. The van der Waals surface area contributed by atoms with Crippen LogP contribution in [-0.2, 0) is 0 Å². The average Bonchev–Trinajstić information content (AvgIpc) is 2.84. The zero-order chi connectivity index (χ0) is 21.9. The van der Waals surface area contributed by atoms with Gasteiger partial charge in [-0.05, 0) is 30.3 Å². The Morgan fingerprint density at radius 3 is 2.62 bits per heavy atom. The van der Waals surface area contributed by atoms with Crippen LogP contribution in [0.3, 0.4) is 0 Å². The van der Waals surface area contributed by atoms with Crippen LogP contribution in [0.4, 0.5) is 23.1 Å². The van der Waals surface area contributed by atoms with Crippen LogP contribution in [0.25, 0.3) is 11.4 Å². The number of hydrogen-bond donors (Lipinski definition) is 1. The maximum atomic E-state index is 5.99. The minimum Gasteiger partial charge on any atom is -0.493 e. The minimum absolute atomic E-state index is 0.341. The Kier molecular flexibility index (Phi) is 5.12. The van der Waals surface area contributed by atoms with Crippen LogP contribution in [0.15, 0.2) is 67.1 Å². The molecule has 1 aliphatic rings. The molecule has 4 heterocycles. The van der Waals surface area contributed by atoms with Gasteiger partial charge in [0, 0.05) is 30.7 Å². The predicted molar refractivity (Wildman–Crippen MR) is 120 cm³/mol. The second-order valence-electron chi connectivity index (χ2n) is 6.88. The molecule has 4 aromatic rings. The van der Waals surface area contributed by atoms with Gasteiger partial charge in [0.2, 0.25) is 11.7 Å². The van der Waals surface area contributed by atoms with E-state index in [2.05, 4.69) is 19.9 Å². The van der Waals surface area contributed by atoms with E-state index in [1.807, 2.05) is 47.4 Å². The van der Waals surface area contributed by atoms with E-state index in [4.69, 9.17) is 19.9 Å². The molecule has 1 aliphatic heterocycles. The van der Waals surface area contributed by atoms with Crippen LogP contribution in [-0.4, -0.2) is 40.3 Å². The van der Waals surface area contributed by atoms with Crippen LogP contribution in [0.5, 0.6) is 17.2 Å². The first-order valence-corrected chi connectivity index (χ1v) is 9.97. The number of methoxy groups -OCH3 is 1. The standard InChI is InChI=1S/C23H20N6O3/c1-30-18-13-15(14-19-22(18)32-12-11-31-19)29(23-27-10-7-20(24)28-23)17-6-4-9-26-21(17)16-5-2-3-8-25-16/h2-10,13-14H,11-12H2,1H3,(H2,24,27,28). The molecule has 0 unspecified atom stereocenters. The van der Waals surface area contributed by atoms with E-state index in [1.165, 1.54) is 0 Å². The van der Waals surface area contributed by atoms with Crippen molar-refractivity contribution in [3.8, 4) is 28.6 Å². The number of nitrogen functional groups attached to an aromatic ring is 1. The van der Waals surface area contributed by atoms with Crippen molar-refractivity contribution in [3.05, 3.63) is 67.1 Å². The van der Waals surface area contributed by atoms with Crippen LogP contribution < -0.4 is 24.8 Å². The van der Waals surface area contributed by atoms with Crippen molar-refractivity contribution in [1.82, 2.24) is 19.9 Å². The molecule has 0 amide bonds. The lowest BCUT2D eigenvalue weighted by Gasteiger charge is -2.27. The molecule has 9 heteroatoms. The van der Waals surface area contributed by atoms with Crippen molar-refractivity contribution in [2.75, 3.05) is 31.0 Å². The quantitative estimate of drug-likeness (QED) is 0.508. The summed E-state index contributed by atoms with van der Waals surface area (Å²) in [6, 6.07) is 14.8. The van der Waals surface area contributed by atoms with Crippen molar-refractivity contribution in [2.45, 2.75) is 0 Å². The number of aromatic nitrogens is 4. The van der Waals surface area contributed by atoms with Gasteiger partial charge in [-0.15, -0.1) is 0 Å². The van der Waals surface area contributed by atoms with E-state index in [0.717, 1.165) is 5.69 Å². The minimum atomic E-state index is 0.341. The number of benzene rings is 1. The fourth-order valence-corrected chi connectivity index (χ4v) is 3.50. The first-order chi connectivity index (χ1) is 15.7. The Morgan fingerprint density at radius 1 is 0.938 bits per heavy atom. The van der Waals surface area contributed by atoms with Gasteiger partial charge in [-0.3, -0.25) is 14.9 Å². The molecule has 160 valence electrons. The zero-order valence-electron chi connectivity index (χ0n) is 17.3. The summed E-state index contributed by atoms with van der Waals surface area (Å²) in [5, 5.41) is 0. The van der Waals surface area contributed by atoms with Crippen molar-refractivity contribution in [2.24, 2.45) is 0 Å². The highest BCUT2D eigenvalue weighted by molar-refractivity contribution is 5.84. The zero-order valence-corrected chi connectivity index (χ0v) is 17.3. The molecule has 5 rings (SSSR count). The number of nitrogens with zero attached hydrogens (tertiary/aromatic N) is 5.